The van der Waals surface area contributed by atoms with Crippen molar-refractivity contribution >= 4 is 29.2 Å². The summed E-state index contributed by atoms with van der Waals surface area (Å²) in [6.45, 7) is 3.77. The van der Waals surface area contributed by atoms with Crippen LogP contribution in [0, 0.1) is 0 Å². The second-order valence-corrected chi connectivity index (χ2v) is 4.84. The van der Waals surface area contributed by atoms with Crippen molar-refractivity contribution in [2.75, 3.05) is 18.1 Å². The van der Waals surface area contributed by atoms with E-state index in [9.17, 15) is 9.59 Å². The third-order valence-electron chi connectivity index (χ3n) is 2.36. The van der Waals surface area contributed by atoms with E-state index in [1.54, 1.807) is 5.38 Å². The van der Waals surface area contributed by atoms with Gasteiger partial charge in [0.25, 0.3) is 0 Å². The van der Waals surface area contributed by atoms with Crippen LogP contribution in [0.2, 0.25) is 0 Å². The number of carboxylic acids is 1. The van der Waals surface area contributed by atoms with Crippen LogP contribution < -0.4 is 4.90 Å². The molecule has 0 saturated carbocycles. The van der Waals surface area contributed by atoms with Crippen molar-refractivity contribution in [3.8, 4) is 0 Å². The second kappa shape index (κ2) is 7.73. The summed E-state index contributed by atoms with van der Waals surface area (Å²) in [5.74, 6) is -0.760. The molecule has 19 heavy (non-hydrogen) atoms. The quantitative estimate of drug-likeness (QED) is 0.779. The maximum Gasteiger partial charge on any atom is 0.416 e. The number of unbranched alkanes of at least 4 members (excludes halogenated alkanes) is 1. The summed E-state index contributed by atoms with van der Waals surface area (Å²) in [7, 11) is 0. The smallest absolute Gasteiger partial charge is 0.416 e. The molecule has 0 aliphatic carbocycles. The number of carbonyl (C=O) groups is 2. The SMILES string of the molecule is CCCCOC(=O)N(CC(=O)O)c1csc(CC)n1. The highest BCUT2D eigenvalue weighted by molar-refractivity contribution is 7.10. The van der Waals surface area contributed by atoms with Gasteiger partial charge in [0.2, 0.25) is 0 Å². The molecule has 0 bridgehead atoms. The van der Waals surface area contributed by atoms with E-state index in [4.69, 9.17) is 9.84 Å². The predicted molar refractivity (Wildman–Crippen MR) is 72.7 cm³/mol. The topological polar surface area (TPSA) is 79.7 Å². The van der Waals surface area contributed by atoms with E-state index < -0.39 is 18.6 Å². The minimum atomic E-state index is -1.10. The third-order valence-corrected chi connectivity index (χ3v) is 3.34. The number of nitrogens with zero attached hydrogens (tertiary/aromatic N) is 2. The number of carbonyl (C=O) groups excluding carboxylic acids is 1. The Morgan fingerprint density at radius 2 is 2.21 bits per heavy atom. The van der Waals surface area contributed by atoms with Gasteiger partial charge in [0.05, 0.1) is 11.6 Å². The summed E-state index contributed by atoms with van der Waals surface area (Å²) >= 11 is 1.40. The molecule has 0 saturated heterocycles. The monoisotopic (exact) mass is 286 g/mol. The molecule has 106 valence electrons. The van der Waals surface area contributed by atoms with Crippen molar-refractivity contribution in [3.63, 3.8) is 0 Å². The molecular weight excluding hydrogens is 268 g/mol. The number of hydrogen-bond acceptors (Lipinski definition) is 5. The summed E-state index contributed by atoms with van der Waals surface area (Å²) in [4.78, 5) is 27.9. The van der Waals surface area contributed by atoms with Gasteiger partial charge in [-0.15, -0.1) is 11.3 Å². The Balaban J connectivity index is 2.75. The van der Waals surface area contributed by atoms with Crippen molar-refractivity contribution in [1.29, 1.82) is 0 Å². The number of amides is 1. The Labute approximate surface area is 116 Å². The lowest BCUT2D eigenvalue weighted by atomic mass is 10.4. The molecule has 1 heterocycles. The molecule has 7 heteroatoms. The molecule has 1 aromatic rings. The zero-order chi connectivity index (χ0) is 14.3. The van der Waals surface area contributed by atoms with Crippen molar-refractivity contribution in [2.24, 2.45) is 0 Å². The van der Waals surface area contributed by atoms with Gasteiger partial charge >= 0.3 is 12.1 Å². The first-order valence-corrected chi connectivity index (χ1v) is 7.06. The molecule has 0 spiro atoms. The number of thiazole rings is 1. The third kappa shape index (κ3) is 4.86. The molecular formula is C12H18N2O4S. The molecule has 0 aliphatic heterocycles. The Bertz CT molecular complexity index is 433. The molecule has 0 aliphatic rings. The van der Waals surface area contributed by atoms with Crippen molar-refractivity contribution < 1.29 is 19.4 Å². The van der Waals surface area contributed by atoms with Crippen LogP contribution in [0.5, 0.6) is 0 Å². The maximum atomic E-state index is 11.9. The summed E-state index contributed by atoms with van der Waals surface area (Å²) < 4.78 is 5.03. The normalized spacial score (nSPS) is 10.2. The van der Waals surface area contributed by atoms with Crippen LogP contribution in [-0.2, 0) is 16.0 Å². The summed E-state index contributed by atoms with van der Waals surface area (Å²) in [6.07, 6.45) is 1.74. The Kier molecular flexibility index (Phi) is 6.27. The number of rotatable bonds is 7. The first-order chi connectivity index (χ1) is 9.08. The molecule has 1 aromatic heterocycles. The van der Waals surface area contributed by atoms with Crippen LogP contribution >= 0.6 is 11.3 Å². The van der Waals surface area contributed by atoms with Crippen molar-refractivity contribution in [3.05, 3.63) is 10.4 Å². The van der Waals surface area contributed by atoms with Gasteiger partial charge < -0.3 is 9.84 Å². The minimum Gasteiger partial charge on any atom is -0.480 e. The molecule has 0 atom stereocenters. The number of ether oxygens (including phenoxy) is 1. The molecule has 1 N–H and O–H groups in total. The number of aromatic nitrogens is 1. The van der Waals surface area contributed by atoms with E-state index in [2.05, 4.69) is 4.98 Å². The van der Waals surface area contributed by atoms with Crippen LogP contribution in [0.3, 0.4) is 0 Å². The minimum absolute atomic E-state index is 0.288. The predicted octanol–water partition coefficient (Wildman–Crippen LogP) is 2.53. The first-order valence-electron chi connectivity index (χ1n) is 6.19. The fourth-order valence-electron chi connectivity index (χ4n) is 1.34. The highest BCUT2D eigenvalue weighted by Gasteiger charge is 2.22. The van der Waals surface area contributed by atoms with Crippen LogP contribution in [0.15, 0.2) is 5.38 Å². The Morgan fingerprint density at radius 1 is 1.47 bits per heavy atom. The Morgan fingerprint density at radius 3 is 2.74 bits per heavy atom. The zero-order valence-corrected chi connectivity index (χ0v) is 11.9. The molecule has 1 rings (SSSR count). The fraction of sp³-hybridized carbons (Fsp3) is 0.583. The van der Waals surface area contributed by atoms with E-state index in [1.165, 1.54) is 11.3 Å². The number of carboxylic acid groups (broad SMARTS) is 1. The zero-order valence-electron chi connectivity index (χ0n) is 11.1. The lowest BCUT2D eigenvalue weighted by Gasteiger charge is -2.17. The lowest BCUT2D eigenvalue weighted by molar-refractivity contribution is -0.135. The molecule has 0 fully saturated rings. The van der Waals surface area contributed by atoms with Crippen LogP contribution in [0.1, 0.15) is 31.7 Å². The van der Waals surface area contributed by atoms with E-state index >= 15 is 0 Å². The summed E-state index contributed by atoms with van der Waals surface area (Å²) in [5, 5.41) is 11.4. The summed E-state index contributed by atoms with van der Waals surface area (Å²) in [6, 6.07) is 0. The number of aliphatic carboxylic acids is 1. The lowest BCUT2D eigenvalue weighted by Crippen LogP contribution is -2.36. The van der Waals surface area contributed by atoms with Gasteiger partial charge in [0.1, 0.15) is 12.4 Å². The van der Waals surface area contributed by atoms with Crippen molar-refractivity contribution in [2.45, 2.75) is 33.1 Å². The number of hydrogen-bond donors (Lipinski definition) is 1. The van der Waals surface area contributed by atoms with Crippen LogP contribution in [-0.4, -0.2) is 35.3 Å². The fourth-order valence-corrected chi connectivity index (χ4v) is 2.08. The van der Waals surface area contributed by atoms with Gasteiger partial charge in [-0.05, 0) is 12.8 Å². The number of aryl methyl sites for hydroxylation is 1. The van der Waals surface area contributed by atoms with E-state index in [1.807, 2.05) is 13.8 Å². The van der Waals surface area contributed by atoms with Gasteiger partial charge in [0.15, 0.2) is 0 Å². The van der Waals surface area contributed by atoms with Gasteiger partial charge in [-0.3, -0.25) is 4.79 Å². The summed E-state index contributed by atoms with van der Waals surface area (Å²) in [5.41, 5.74) is 0. The van der Waals surface area contributed by atoms with E-state index in [-0.39, 0.29) is 6.61 Å². The van der Waals surface area contributed by atoms with Gasteiger partial charge in [0, 0.05) is 5.38 Å². The standard InChI is InChI=1S/C12H18N2O4S/c1-3-5-6-18-12(17)14(7-11(15)16)9-8-19-10(4-2)13-9/h8H,3-7H2,1-2H3,(H,15,16). The molecule has 0 radical (unpaired) electrons. The largest absolute Gasteiger partial charge is 0.480 e. The Hall–Kier alpha value is -1.63. The highest BCUT2D eigenvalue weighted by atomic mass is 32.1. The van der Waals surface area contributed by atoms with Crippen LogP contribution in [0.4, 0.5) is 10.6 Å². The number of anilines is 1. The van der Waals surface area contributed by atoms with Gasteiger partial charge in [-0.1, -0.05) is 20.3 Å². The molecule has 6 nitrogen and oxygen atoms in total. The van der Waals surface area contributed by atoms with E-state index in [0.29, 0.717) is 5.82 Å². The van der Waals surface area contributed by atoms with Gasteiger partial charge in [-0.2, -0.15) is 0 Å². The average molecular weight is 286 g/mol. The molecule has 0 aromatic carbocycles. The first kappa shape index (κ1) is 15.4. The van der Waals surface area contributed by atoms with Gasteiger partial charge in [-0.25, -0.2) is 14.7 Å². The maximum absolute atomic E-state index is 11.9. The average Bonchev–Trinajstić information content (AvgIpc) is 2.84. The molecule has 0 unspecified atom stereocenters. The highest BCUT2D eigenvalue weighted by Crippen LogP contribution is 2.19. The van der Waals surface area contributed by atoms with Crippen LogP contribution in [0.25, 0.3) is 0 Å². The molecule has 1 amide bonds. The second-order valence-electron chi connectivity index (χ2n) is 3.90. The van der Waals surface area contributed by atoms with Crippen molar-refractivity contribution in [1.82, 2.24) is 4.98 Å². The van der Waals surface area contributed by atoms with E-state index in [0.717, 1.165) is 29.2 Å².